The topological polar surface area (TPSA) is 369 Å². The molecular weight excluding hydrogens is 1130 g/mol. The zero-order valence-electron chi connectivity index (χ0n) is 53.8. The van der Waals surface area contributed by atoms with Crippen LogP contribution < -0.4 is 54.0 Å². The number of amides is 6. The van der Waals surface area contributed by atoms with E-state index in [1.54, 1.807) is 13.1 Å². The monoisotopic (exact) mass is 1230 g/mol. The minimum atomic E-state index is -1.65. The van der Waals surface area contributed by atoms with Crippen LogP contribution in [0, 0.1) is 17.8 Å². The summed E-state index contributed by atoms with van der Waals surface area (Å²) in [5.74, 6) is -9.78. The first kappa shape index (κ1) is 75.4. The third-order valence-corrected chi connectivity index (χ3v) is 16.5. The Morgan fingerprint density at radius 3 is 2.05 bits per heavy atom. The molecule has 0 fully saturated rings. The number of benzene rings is 1. The average molecular weight is 1230 g/mol. The number of Topliss-reactive ketones (excluding diaryl/α,β-unsaturated/α-hetero) is 6. The van der Waals surface area contributed by atoms with Gasteiger partial charge < -0.3 is 48.4 Å². The summed E-state index contributed by atoms with van der Waals surface area (Å²) in [6, 6.07) is 0.313. The number of carbonyl (C=O) groups is 12. The van der Waals surface area contributed by atoms with Crippen LogP contribution in [0.3, 0.4) is 0 Å². The van der Waals surface area contributed by atoms with Crippen molar-refractivity contribution in [3.05, 3.63) is 48.2 Å². The zero-order chi connectivity index (χ0) is 65.7. The molecule has 0 bridgehead atoms. The van der Waals surface area contributed by atoms with Gasteiger partial charge in [-0.3, -0.25) is 68.2 Å². The second kappa shape index (κ2) is 37.9. The molecule has 3 unspecified atom stereocenters. The van der Waals surface area contributed by atoms with Crippen LogP contribution in [0.4, 0.5) is 0 Å². The number of aromatic nitrogens is 1. The van der Waals surface area contributed by atoms with Crippen molar-refractivity contribution in [1.82, 2.24) is 47.5 Å². The van der Waals surface area contributed by atoms with Gasteiger partial charge in [0.25, 0.3) is 0 Å². The van der Waals surface area contributed by atoms with Crippen molar-refractivity contribution < 1.29 is 57.5 Å². The highest BCUT2D eigenvalue weighted by Crippen LogP contribution is 2.23. The van der Waals surface area contributed by atoms with Crippen molar-refractivity contribution in [2.24, 2.45) is 29.2 Å². The highest BCUT2D eigenvalue weighted by atomic mass is 16.2. The lowest BCUT2D eigenvalue weighted by molar-refractivity contribution is -0.141. The molecule has 1 aromatic carbocycles. The van der Waals surface area contributed by atoms with Crippen LogP contribution in [0.1, 0.15) is 184 Å². The lowest BCUT2D eigenvalue weighted by atomic mass is 9.88. The molecule has 0 aliphatic carbocycles. The molecule has 10 atom stereocenters. The third-order valence-electron chi connectivity index (χ3n) is 16.5. The Kier molecular flexibility index (Phi) is 32.5. The van der Waals surface area contributed by atoms with Crippen LogP contribution in [0.5, 0.6) is 0 Å². The number of H-pyrrole nitrogens is 1. The quantitative estimate of drug-likeness (QED) is 0.0525. The van der Waals surface area contributed by atoms with Gasteiger partial charge in [0, 0.05) is 36.6 Å². The summed E-state index contributed by atoms with van der Waals surface area (Å²) in [4.78, 5) is 166. The normalized spacial score (nSPS) is 24.2. The summed E-state index contributed by atoms with van der Waals surface area (Å²) < 4.78 is 0. The number of nitrogens with two attached hydrogens (primary N) is 2. The maximum absolute atomic E-state index is 14.7. The number of aromatic amines is 1. The molecule has 1 aliphatic rings. The van der Waals surface area contributed by atoms with E-state index in [4.69, 9.17) is 11.5 Å². The van der Waals surface area contributed by atoms with Gasteiger partial charge in [0.15, 0.2) is 5.78 Å². The molecule has 0 saturated carbocycles. The number of allylic oxidation sites excluding steroid dienone is 2. The van der Waals surface area contributed by atoms with E-state index in [2.05, 4.69) is 53.6 Å². The van der Waals surface area contributed by atoms with Gasteiger partial charge in [0.05, 0.1) is 60.7 Å². The maximum Gasteiger partial charge on any atom is 0.246 e. The number of rotatable bonds is 24. The number of hydrogen-bond acceptors (Lipinski definition) is 16. The van der Waals surface area contributed by atoms with E-state index in [1.807, 2.05) is 51.1 Å². The zero-order valence-corrected chi connectivity index (χ0v) is 53.8. The SMILES string of the molecule is CCCC[C@H](CNC(C)C(=O)C(=O)C(C)NC(=O)[C@]1(C)CCC/C=C/CCCCCCCC[C@@](C)(NCC(C)=O)C(=O)CN[C@@H](Cc2c[nH]c3ccccc23)C(=O)NC(C)C(=O)C(=O)[C@H](CCC(N)=O)NC[C@@H](CC(C)C)C(=O)N1)C(=O)N[C@@H](C)C(N)=O. The molecule has 13 N–H and O–H groups in total. The molecule has 0 spiro atoms. The van der Waals surface area contributed by atoms with Crippen LogP contribution in [-0.4, -0.2) is 149 Å². The van der Waals surface area contributed by atoms with E-state index in [1.165, 1.54) is 41.5 Å². The largest absolute Gasteiger partial charge is 0.370 e. The average Bonchev–Trinajstić information content (AvgIpc) is 2.34. The number of ketones is 6. The van der Waals surface area contributed by atoms with E-state index in [-0.39, 0.29) is 75.8 Å². The number of para-hydroxylation sites is 1. The number of carbonyl (C=O) groups excluding carboxylic acids is 12. The Bertz CT molecular complexity index is 2740. The first-order chi connectivity index (χ1) is 41.5. The van der Waals surface area contributed by atoms with Gasteiger partial charge in [-0.2, -0.15) is 0 Å². The maximum atomic E-state index is 14.7. The van der Waals surface area contributed by atoms with Gasteiger partial charge in [-0.25, -0.2) is 0 Å². The summed E-state index contributed by atoms with van der Waals surface area (Å²) >= 11 is 0. The van der Waals surface area contributed by atoms with E-state index >= 15 is 0 Å². The fourth-order valence-corrected chi connectivity index (χ4v) is 10.7. The van der Waals surface area contributed by atoms with Gasteiger partial charge in [0.1, 0.15) is 17.4 Å². The minimum absolute atomic E-state index is 0.0109. The summed E-state index contributed by atoms with van der Waals surface area (Å²) in [5, 5.41) is 24.0. The first-order valence-corrected chi connectivity index (χ1v) is 31.7. The second-order valence-corrected chi connectivity index (χ2v) is 24.9. The molecule has 0 saturated heterocycles. The predicted octanol–water partition coefficient (Wildman–Crippen LogP) is 3.86. The smallest absolute Gasteiger partial charge is 0.246 e. The van der Waals surface area contributed by atoms with Crippen molar-refractivity contribution in [1.29, 1.82) is 0 Å². The lowest BCUT2D eigenvalue weighted by Gasteiger charge is -2.33. The second-order valence-electron chi connectivity index (χ2n) is 24.9. The molecular formula is C65H103N11O12. The fraction of sp³-hybridized carbons (Fsp3) is 0.662. The molecule has 1 aliphatic heterocycles. The van der Waals surface area contributed by atoms with Crippen molar-refractivity contribution in [3.63, 3.8) is 0 Å². The standard InChI is InChI=1S/C65H103N11O12/c1-11-12-26-46(60(85)74-45(8)59(67)84)36-68-42(5)55(80)56(81)44(7)75-63(88)65(10)32-25-21-19-17-15-13-14-16-18-20-24-31-64(9,72-35-41(4)77)53(78)39-71-52(34-47-37-69-50-28-23-22-27-49(47)50)62(87)73-43(6)57(82)58(83)51(29-30-54(66)79)70-38-48(33-40(2)3)61(86)76-65/h17,19,22-23,27-28,37,40,42-46,48,51-52,68-72H,11-16,18,20-21,24-26,29-36,38-39H2,1-10H3,(H2,66,79)(H2,67,84)(H,73,87)(H,74,85)(H,75,88)(H,76,86)/b19-17+/t42?,43?,44?,45-,46+,48+,51-,52-,64+,65-/m0/s1. The minimum Gasteiger partial charge on any atom is -0.370 e. The van der Waals surface area contributed by atoms with E-state index in [0.717, 1.165) is 61.4 Å². The van der Waals surface area contributed by atoms with Gasteiger partial charge in [-0.1, -0.05) is 96.1 Å². The Labute approximate surface area is 519 Å². The van der Waals surface area contributed by atoms with Crippen molar-refractivity contribution in [2.45, 2.75) is 232 Å². The number of primary amides is 2. The molecule has 2 aromatic rings. The van der Waals surface area contributed by atoms with Crippen LogP contribution in [0.15, 0.2) is 42.6 Å². The summed E-state index contributed by atoms with van der Waals surface area (Å²) in [5.41, 5.74) is 9.71. The Balaban J connectivity index is 1.97. The lowest BCUT2D eigenvalue weighted by Crippen LogP contribution is -2.61. The number of fused-ring (bicyclic) bond motifs is 1. The molecule has 23 heteroatoms. The van der Waals surface area contributed by atoms with E-state index in [9.17, 15) is 57.5 Å². The molecule has 88 heavy (non-hydrogen) atoms. The highest BCUT2D eigenvalue weighted by molar-refractivity contribution is 6.41. The Hall–Kier alpha value is -6.82. The molecule has 1 aromatic heterocycles. The third kappa shape index (κ3) is 25.3. The Morgan fingerprint density at radius 2 is 1.40 bits per heavy atom. The molecule has 2 heterocycles. The first-order valence-electron chi connectivity index (χ1n) is 31.7. The van der Waals surface area contributed by atoms with E-state index < -0.39 is 118 Å². The van der Waals surface area contributed by atoms with Crippen molar-refractivity contribution >= 4 is 81.0 Å². The van der Waals surface area contributed by atoms with Gasteiger partial charge in [0.2, 0.25) is 58.6 Å². The van der Waals surface area contributed by atoms with Crippen LogP contribution in [0.2, 0.25) is 0 Å². The summed E-state index contributed by atoms with van der Waals surface area (Å²) in [7, 11) is 0. The number of nitrogens with one attached hydrogen (secondary N) is 9. The summed E-state index contributed by atoms with van der Waals surface area (Å²) in [6.45, 7) is 15.6. The molecule has 6 amide bonds. The van der Waals surface area contributed by atoms with Gasteiger partial charge in [-0.15, -0.1) is 0 Å². The van der Waals surface area contributed by atoms with Gasteiger partial charge >= 0.3 is 0 Å². The van der Waals surface area contributed by atoms with E-state index in [0.29, 0.717) is 38.5 Å². The molecule has 3 rings (SSSR count). The predicted molar refractivity (Wildman–Crippen MR) is 338 cm³/mol. The van der Waals surface area contributed by atoms with Crippen molar-refractivity contribution in [3.8, 4) is 0 Å². The van der Waals surface area contributed by atoms with Crippen LogP contribution >= 0.6 is 0 Å². The molecule has 490 valence electrons. The molecule has 0 radical (unpaired) electrons. The van der Waals surface area contributed by atoms with Crippen LogP contribution in [0.25, 0.3) is 10.9 Å². The highest BCUT2D eigenvalue weighted by Gasteiger charge is 2.40. The number of hydrogen-bond donors (Lipinski definition) is 11. The van der Waals surface area contributed by atoms with Crippen LogP contribution in [-0.2, 0) is 64.0 Å². The fourth-order valence-electron chi connectivity index (χ4n) is 10.7. The van der Waals surface area contributed by atoms with Crippen molar-refractivity contribution in [2.75, 3.05) is 26.2 Å². The van der Waals surface area contributed by atoms with Gasteiger partial charge in [-0.05, 0) is 130 Å². The molecule has 23 nitrogen and oxygen atoms in total. The number of unbranched alkanes of at least 4 members (excludes halogenated alkanes) is 1. The summed E-state index contributed by atoms with van der Waals surface area (Å²) in [6.07, 6.45) is 15.1. The Morgan fingerprint density at radius 1 is 0.750 bits per heavy atom.